The summed E-state index contributed by atoms with van der Waals surface area (Å²) in [4.78, 5) is 33.5. The number of rotatable bonds is 4. The lowest BCUT2D eigenvalue weighted by Crippen LogP contribution is -2.43. The van der Waals surface area contributed by atoms with Gasteiger partial charge in [0.05, 0.1) is 10.7 Å². The van der Waals surface area contributed by atoms with E-state index >= 15 is 0 Å². The van der Waals surface area contributed by atoms with E-state index < -0.39 is 5.54 Å². The van der Waals surface area contributed by atoms with E-state index in [1.54, 1.807) is 50.4 Å². The number of nitrogens with zero attached hydrogens (tertiary/aromatic N) is 3. The van der Waals surface area contributed by atoms with Crippen LogP contribution in [0.1, 0.15) is 19.4 Å². The van der Waals surface area contributed by atoms with Gasteiger partial charge in [-0.15, -0.1) is 11.8 Å². The van der Waals surface area contributed by atoms with E-state index in [0.29, 0.717) is 15.9 Å². The van der Waals surface area contributed by atoms with Crippen molar-refractivity contribution in [3.8, 4) is 0 Å². The number of anilines is 1. The third kappa shape index (κ3) is 3.29. The number of carbonyl (C=O) groups excluding carboxylic acids is 2. The Morgan fingerprint density at radius 1 is 1.15 bits per heavy atom. The summed E-state index contributed by atoms with van der Waals surface area (Å²) in [6.07, 6.45) is 3.49. The molecule has 0 spiro atoms. The van der Waals surface area contributed by atoms with E-state index in [4.69, 9.17) is 23.2 Å². The molecule has 1 aromatic carbocycles. The standard InChI is InChI=1S/C18H17Cl2N3O2S/c1-18(2)16(24)23(12-4-5-14(26-3)13(19)9-12)17(25)22(18)10-11-6-7-21-15(20)8-11/h4-9H,10H2,1-3H3. The molecule has 3 rings (SSSR count). The monoisotopic (exact) mass is 409 g/mol. The molecule has 0 saturated carbocycles. The highest BCUT2D eigenvalue weighted by Gasteiger charge is 2.51. The molecule has 1 aliphatic rings. The number of halogens is 2. The second-order valence-corrected chi connectivity index (χ2v) is 8.02. The first-order chi connectivity index (χ1) is 12.3. The molecule has 3 amide bonds. The molecule has 1 aliphatic heterocycles. The second kappa shape index (κ2) is 7.10. The molecule has 2 heterocycles. The van der Waals surface area contributed by atoms with Gasteiger partial charge in [-0.05, 0) is 56.0 Å². The number of thioether (sulfide) groups is 1. The van der Waals surface area contributed by atoms with Crippen molar-refractivity contribution in [2.75, 3.05) is 11.2 Å². The van der Waals surface area contributed by atoms with Gasteiger partial charge >= 0.3 is 6.03 Å². The third-order valence-electron chi connectivity index (χ3n) is 4.35. The van der Waals surface area contributed by atoms with Gasteiger partial charge in [-0.1, -0.05) is 23.2 Å². The van der Waals surface area contributed by atoms with Crippen LogP contribution in [0.2, 0.25) is 10.2 Å². The minimum Gasteiger partial charge on any atom is -0.305 e. The third-order valence-corrected chi connectivity index (χ3v) is 5.78. The predicted octanol–water partition coefficient (Wildman–Crippen LogP) is 4.86. The van der Waals surface area contributed by atoms with Gasteiger partial charge in [0, 0.05) is 17.6 Å². The molecule has 0 radical (unpaired) electrons. The fourth-order valence-corrected chi connectivity index (χ4v) is 3.91. The van der Waals surface area contributed by atoms with Crippen LogP contribution in [0.5, 0.6) is 0 Å². The molecule has 136 valence electrons. The van der Waals surface area contributed by atoms with E-state index in [2.05, 4.69) is 4.98 Å². The number of carbonyl (C=O) groups is 2. The van der Waals surface area contributed by atoms with Crippen LogP contribution in [0.3, 0.4) is 0 Å². The smallest absolute Gasteiger partial charge is 0.305 e. The Kier molecular flexibility index (Phi) is 5.19. The van der Waals surface area contributed by atoms with Crippen molar-refractivity contribution in [2.24, 2.45) is 0 Å². The largest absolute Gasteiger partial charge is 0.332 e. The molecule has 2 aromatic rings. The molecule has 0 unspecified atom stereocenters. The molecule has 26 heavy (non-hydrogen) atoms. The number of benzene rings is 1. The highest BCUT2D eigenvalue weighted by molar-refractivity contribution is 7.98. The summed E-state index contributed by atoms with van der Waals surface area (Å²) in [5, 5.41) is 0.849. The summed E-state index contributed by atoms with van der Waals surface area (Å²) in [5.74, 6) is -0.296. The summed E-state index contributed by atoms with van der Waals surface area (Å²) < 4.78 is 0. The number of imide groups is 1. The molecular weight excluding hydrogens is 393 g/mol. The minimum absolute atomic E-state index is 0.257. The van der Waals surface area contributed by atoms with E-state index in [1.807, 2.05) is 6.26 Å². The van der Waals surface area contributed by atoms with Crippen molar-refractivity contribution in [1.82, 2.24) is 9.88 Å². The topological polar surface area (TPSA) is 53.5 Å². The summed E-state index contributed by atoms with van der Waals surface area (Å²) >= 11 is 13.7. The van der Waals surface area contributed by atoms with Gasteiger partial charge in [-0.25, -0.2) is 14.7 Å². The summed E-state index contributed by atoms with van der Waals surface area (Å²) in [5.41, 5.74) is 0.278. The average Bonchev–Trinajstić information content (AvgIpc) is 2.75. The average molecular weight is 410 g/mol. The maximum Gasteiger partial charge on any atom is 0.332 e. The number of amides is 3. The Labute approximate surface area is 166 Å². The minimum atomic E-state index is -0.989. The first-order valence-electron chi connectivity index (χ1n) is 7.86. The molecular formula is C18H17Cl2N3O2S. The number of pyridine rings is 1. The van der Waals surface area contributed by atoms with Gasteiger partial charge in [0.2, 0.25) is 0 Å². The zero-order valence-corrected chi connectivity index (χ0v) is 16.8. The molecule has 0 aliphatic carbocycles. The zero-order valence-electron chi connectivity index (χ0n) is 14.5. The fraction of sp³-hybridized carbons (Fsp3) is 0.278. The van der Waals surface area contributed by atoms with E-state index in [-0.39, 0.29) is 18.5 Å². The van der Waals surface area contributed by atoms with Crippen LogP contribution in [0, 0.1) is 0 Å². The van der Waals surface area contributed by atoms with E-state index in [0.717, 1.165) is 10.5 Å². The molecule has 5 nitrogen and oxygen atoms in total. The lowest BCUT2D eigenvalue weighted by Gasteiger charge is -2.27. The molecule has 0 N–H and O–H groups in total. The Morgan fingerprint density at radius 2 is 1.88 bits per heavy atom. The van der Waals surface area contributed by atoms with Crippen molar-refractivity contribution >= 4 is 52.6 Å². The van der Waals surface area contributed by atoms with Crippen molar-refractivity contribution in [3.05, 3.63) is 52.3 Å². The Bertz CT molecular complexity index is 888. The van der Waals surface area contributed by atoms with Gasteiger partial charge in [0.1, 0.15) is 10.7 Å². The van der Waals surface area contributed by atoms with Crippen LogP contribution < -0.4 is 4.90 Å². The quantitative estimate of drug-likeness (QED) is 0.411. The highest BCUT2D eigenvalue weighted by Crippen LogP contribution is 2.36. The normalized spacial score (nSPS) is 16.5. The Balaban J connectivity index is 1.95. The highest BCUT2D eigenvalue weighted by atomic mass is 35.5. The lowest BCUT2D eigenvalue weighted by molar-refractivity contribution is -0.123. The molecule has 0 bridgehead atoms. The number of urea groups is 1. The fourth-order valence-electron chi connectivity index (χ4n) is 2.85. The van der Waals surface area contributed by atoms with Crippen LogP contribution in [0.15, 0.2) is 41.4 Å². The van der Waals surface area contributed by atoms with Crippen LogP contribution in [-0.4, -0.2) is 33.6 Å². The maximum absolute atomic E-state index is 13.0. The van der Waals surface area contributed by atoms with Crippen LogP contribution >= 0.6 is 35.0 Å². The predicted molar refractivity (Wildman–Crippen MR) is 105 cm³/mol. The van der Waals surface area contributed by atoms with Gasteiger partial charge in [-0.3, -0.25) is 4.79 Å². The summed E-state index contributed by atoms with van der Waals surface area (Å²) in [7, 11) is 0. The lowest BCUT2D eigenvalue weighted by atomic mass is 10.0. The molecule has 8 heteroatoms. The zero-order chi connectivity index (χ0) is 19.1. The van der Waals surface area contributed by atoms with E-state index in [9.17, 15) is 9.59 Å². The SMILES string of the molecule is CSc1ccc(N2C(=O)N(Cc3ccnc(Cl)c3)C(C)(C)C2=O)cc1Cl. The van der Waals surface area contributed by atoms with Crippen molar-refractivity contribution in [2.45, 2.75) is 30.8 Å². The molecule has 0 atom stereocenters. The first kappa shape index (κ1) is 19.0. The number of hydrogen-bond acceptors (Lipinski definition) is 4. The van der Waals surface area contributed by atoms with Crippen LogP contribution in [0.4, 0.5) is 10.5 Å². The summed E-state index contributed by atoms with van der Waals surface area (Å²) in [6.45, 7) is 3.72. The van der Waals surface area contributed by atoms with Gasteiger partial charge < -0.3 is 4.90 Å². The summed E-state index contributed by atoms with van der Waals surface area (Å²) in [6, 6.07) is 8.25. The Hall–Kier alpha value is -1.76. The molecule has 1 fully saturated rings. The second-order valence-electron chi connectivity index (χ2n) is 6.37. The van der Waals surface area contributed by atoms with Gasteiger partial charge in [-0.2, -0.15) is 0 Å². The van der Waals surface area contributed by atoms with Crippen molar-refractivity contribution < 1.29 is 9.59 Å². The number of hydrogen-bond donors (Lipinski definition) is 0. The van der Waals surface area contributed by atoms with Crippen molar-refractivity contribution in [1.29, 1.82) is 0 Å². The van der Waals surface area contributed by atoms with Crippen molar-refractivity contribution in [3.63, 3.8) is 0 Å². The molecule has 1 aromatic heterocycles. The van der Waals surface area contributed by atoms with Gasteiger partial charge in [0.25, 0.3) is 5.91 Å². The van der Waals surface area contributed by atoms with Gasteiger partial charge in [0.15, 0.2) is 0 Å². The Morgan fingerprint density at radius 3 is 2.50 bits per heavy atom. The maximum atomic E-state index is 13.0. The molecule has 1 saturated heterocycles. The van der Waals surface area contributed by atoms with Crippen LogP contribution in [0.25, 0.3) is 0 Å². The van der Waals surface area contributed by atoms with Crippen LogP contribution in [-0.2, 0) is 11.3 Å². The first-order valence-corrected chi connectivity index (χ1v) is 9.84. The number of aromatic nitrogens is 1. The van der Waals surface area contributed by atoms with E-state index in [1.165, 1.54) is 21.6 Å².